The Morgan fingerprint density at radius 3 is 2.74 bits per heavy atom. The van der Waals surface area contributed by atoms with Crippen LogP contribution < -0.4 is 4.74 Å². The van der Waals surface area contributed by atoms with Crippen molar-refractivity contribution in [3.05, 3.63) is 28.7 Å². The van der Waals surface area contributed by atoms with Gasteiger partial charge >= 0.3 is 5.97 Å². The van der Waals surface area contributed by atoms with E-state index < -0.39 is 29.0 Å². The van der Waals surface area contributed by atoms with Gasteiger partial charge in [0, 0.05) is 6.07 Å². The zero-order valence-corrected chi connectivity index (χ0v) is 10.2. The molecule has 0 atom stereocenters. The molecule has 0 amide bonds. The molecule has 2 rings (SSSR count). The van der Waals surface area contributed by atoms with Gasteiger partial charge in [0.25, 0.3) is 0 Å². The van der Waals surface area contributed by atoms with Crippen molar-refractivity contribution in [2.75, 3.05) is 7.11 Å². The van der Waals surface area contributed by atoms with Crippen molar-refractivity contribution in [1.82, 2.24) is 5.16 Å². The fourth-order valence-corrected chi connectivity index (χ4v) is 1.67. The third-order valence-corrected chi connectivity index (χ3v) is 2.63. The first-order valence-electron chi connectivity index (χ1n) is 4.91. The summed E-state index contributed by atoms with van der Waals surface area (Å²) < 4.78 is 22.8. The molecular weight excluding hydrogens is 281 g/mol. The second-order valence-electron chi connectivity index (χ2n) is 3.48. The highest BCUT2D eigenvalue weighted by Gasteiger charge is 2.22. The molecule has 1 aromatic carbocycles. The van der Waals surface area contributed by atoms with Crippen LogP contribution in [0, 0.1) is 5.82 Å². The van der Waals surface area contributed by atoms with Gasteiger partial charge in [0.2, 0.25) is 5.76 Å². The predicted octanol–water partition coefficient (Wildman–Crippen LogP) is 2.55. The largest absolute Gasteiger partial charge is 0.504 e. The summed E-state index contributed by atoms with van der Waals surface area (Å²) in [4.78, 5) is 10.7. The van der Waals surface area contributed by atoms with Crippen LogP contribution in [0.3, 0.4) is 0 Å². The number of phenolic OH excluding ortho intramolecular Hbond substituents is 1. The molecule has 2 aromatic rings. The maximum Gasteiger partial charge on any atom is 0.374 e. The van der Waals surface area contributed by atoms with Crippen LogP contribution in [0.15, 0.2) is 16.7 Å². The number of halogens is 2. The van der Waals surface area contributed by atoms with Crippen molar-refractivity contribution in [2.24, 2.45) is 0 Å². The topological polar surface area (TPSA) is 92.8 Å². The summed E-state index contributed by atoms with van der Waals surface area (Å²) in [5.41, 5.74) is -0.00500. The monoisotopic (exact) mass is 287 g/mol. The highest BCUT2D eigenvalue weighted by molar-refractivity contribution is 6.31. The Bertz CT molecular complexity index is 655. The highest BCUT2D eigenvalue weighted by atomic mass is 35.5. The Morgan fingerprint density at radius 1 is 1.53 bits per heavy atom. The third kappa shape index (κ3) is 2.19. The summed E-state index contributed by atoms with van der Waals surface area (Å²) in [7, 11) is 1.16. The van der Waals surface area contributed by atoms with E-state index in [1.807, 2.05) is 0 Å². The van der Waals surface area contributed by atoms with Crippen molar-refractivity contribution in [2.45, 2.75) is 0 Å². The molecule has 0 saturated carbocycles. The number of phenols is 1. The minimum Gasteiger partial charge on any atom is -0.504 e. The number of aromatic nitrogens is 1. The Morgan fingerprint density at radius 2 is 2.21 bits per heavy atom. The molecule has 1 aromatic heterocycles. The number of nitrogens with zero attached hydrogens (tertiary/aromatic N) is 1. The number of carbonyl (C=O) groups is 1. The lowest BCUT2D eigenvalue weighted by Crippen LogP contribution is -1.93. The van der Waals surface area contributed by atoms with E-state index in [9.17, 15) is 14.3 Å². The Hall–Kier alpha value is -2.28. The molecule has 0 radical (unpaired) electrons. The van der Waals surface area contributed by atoms with Gasteiger partial charge in [-0.25, -0.2) is 9.18 Å². The lowest BCUT2D eigenvalue weighted by Gasteiger charge is -2.09. The van der Waals surface area contributed by atoms with Crippen LogP contribution in [0.25, 0.3) is 11.3 Å². The van der Waals surface area contributed by atoms with Crippen LogP contribution in [-0.4, -0.2) is 28.4 Å². The van der Waals surface area contributed by atoms with Crippen molar-refractivity contribution >= 4 is 17.6 Å². The molecule has 0 fully saturated rings. The molecule has 0 aliphatic carbocycles. The number of rotatable bonds is 3. The zero-order chi connectivity index (χ0) is 14.2. The second-order valence-corrected chi connectivity index (χ2v) is 3.89. The van der Waals surface area contributed by atoms with E-state index in [0.717, 1.165) is 19.2 Å². The number of aromatic hydroxyl groups is 1. The molecule has 0 aliphatic rings. The summed E-state index contributed by atoms with van der Waals surface area (Å²) in [5, 5.41) is 21.7. The van der Waals surface area contributed by atoms with Gasteiger partial charge in [0.1, 0.15) is 5.69 Å². The summed E-state index contributed by atoms with van der Waals surface area (Å²) in [5.74, 6) is -3.67. The van der Waals surface area contributed by atoms with Gasteiger partial charge in [-0.3, -0.25) is 0 Å². The van der Waals surface area contributed by atoms with Crippen LogP contribution in [0.2, 0.25) is 5.02 Å². The van der Waals surface area contributed by atoms with Crippen LogP contribution in [-0.2, 0) is 0 Å². The molecule has 0 unspecified atom stereocenters. The standard InChI is InChI=1S/C11H7ClFNO5/c1-18-10-8(13)5(12)2-4(9(10)15)6-3-7(11(16)17)19-14-6/h2-3,15H,1H3,(H,16,17). The molecule has 0 spiro atoms. The van der Waals surface area contributed by atoms with Gasteiger partial charge in [-0.1, -0.05) is 16.8 Å². The molecule has 2 N–H and O–H groups in total. The average molecular weight is 288 g/mol. The smallest absolute Gasteiger partial charge is 0.374 e. The van der Waals surface area contributed by atoms with Gasteiger partial charge < -0.3 is 19.5 Å². The fraction of sp³-hybridized carbons (Fsp3) is 0.0909. The molecule has 1 heterocycles. The van der Waals surface area contributed by atoms with Gasteiger partial charge in [0.05, 0.1) is 17.7 Å². The molecular formula is C11H7ClFNO5. The number of hydrogen-bond acceptors (Lipinski definition) is 5. The number of ether oxygens (including phenoxy) is 1. The minimum atomic E-state index is -1.32. The third-order valence-electron chi connectivity index (χ3n) is 2.35. The second kappa shape index (κ2) is 4.77. The fourth-order valence-electron chi connectivity index (χ4n) is 1.48. The summed E-state index contributed by atoms with van der Waals surface area (Å²) >= 11 is 5.65. The number of carboxylic acid groups (broad SMARTS) is 1. The summed E-state index contributed by atoms with van der Waals surface area (Å²) in [6, 6.07) is 2.17. The minimum absolute atomic E-state index is 0.000463. The quantitative estimate of drug-likeness (QED) is 0.901. The van der Waals surface area contributed by atoms with Crippen molar-refractivity contribution < 1.29 is 28.7 Å². The molecule has 100 valence electrons. The lowest BCUT2D eigenvalue weighted by molar-refractivity contribution is 0.0652. The van der Waals surface area contributed by atoms with E-state index in [4.69, 9.17) is 16.7 Å². The van der Waals surface area contributed by atoms with E-state index in [1.54, 1.807) is 0 Å². The van der Waals surface area contributed by atoms with Gasteiger partial charge in [-0.05, 0) is 6.07 Å². The normalized spacial score (nSPS) is 10.5. The van der Waals surface area contributed by atoms with Gasteiger partial charge in [-0.15, -0.1) is 0 Å². The van der Waals surface area contributed by atoms with E-state index >= 15 is 0 Å². The first-order valence-corrected chi connectivity index (χ1v) is 5.28. The highest BCUT2D eigenvalue weighted by Crippen LogP contribution is 2.42. The predicted molar refractivity (Wildman–Crippen MR) is 62.1 cm³/mol. The van der Waals surface area contributed by atoms with Crippen LogP contribution in [0.1, 0.15) is 10.6 Å². The number of benzene rings is 1. The molecule has 0 bridgehead atoms. The van der Waals surface area contributed by atoms with E-state index in [-0.39, 0.29) is 16.3 Å². The van der Waals surface area contributed by atoms with Gasteiger partial charge in [0.15, 0.2) is 17.3 Å². The Kier molecular flexibility index (Phi) is 3.30. The van der Waals surface area contributed by atoms with Gasteiger partial charge in [-0.2, -0.15) is 0 Å². The average Bonchev–Trinajstić information content (AvgIpc) is 2.84. The Balaban J connectivity index is 2.61. The first-order chi connectivity index (χ1) is 8.95. The molecule has 19 heavy (non-hydrogen) atoms. The van der Waals surface area contributed by atoms with Crippen LogP contribution in [0.4, 0.5) is 4.39 Å². The van der Waals surface area contributed by atoms with Crippen molar-refractivity contribution in [1.29, 1.82) is 0 Å². The number of methoxy groups -OCH3 is 1. The molecule has 0 saturated heterocycles. The van der Waals surface area contributed by atoms with E-state index in [1.165, 1.54) is 0 Å². The lowest BCUT2D eigenvalue weighted by atomic mass is 10.1. The van der Waals surface area contributed by atoms with Crippen LogP contribution in [0.5, 0.6) is 11.5 Å². The van der Waals surface area contributed by atoms with Crippen molar-refractivity contribution in [3.63, 3.8) is 0 Å². The molecule has 8 heteroatoms. The maximum absolute atomic E-state index is 13.5. The number of carboxylic acids is 1. The maximum atomic E-state index is 13.5. The summed E-state index contributed by atoms with van der Waals surface area (Å²) in [6.45, 7) is 0. The molecule has 6 nitrogen and oxygen atoms in total. The zero-order valence-electron chi connectivity index (χ0n) is 9.48. The van der Waals surface area contributed by atoms with E-state index in [0.29, 0.717) is 0 Å². The molecule has 0 aliphatic heterocycles. The SMILES string of the molecule is COc1c(O)c(-c2cc(C(=O)O)on2)cc(Cl)c1F. The number of aromatic carboxylic acids is 1. The Labute approximate surface area is 111 Å². The number of hydrogen-bond donors (Lipinski definition) is 2. The first kappa shape index (κ1) is 13.2. The van der Waals surface area contributed by atoms with E-state index in [2.05, 4.69) is 14.4 Å². The van der Waals surface area contributed by atoms with Crippen LogP contribution >= 0.6 is 11.6 Å². The van der Waals surface area contributed by atoms with Crippen molar-refractivity contribution in [3.8, 4) is 22.8 Å². The summed E-state index contributed by atoms with van der Waals surface area (Å²) in [6.07, 6.45) is 0.